The number of anilines is 1. The summed E-state index contributed by atoms with van der Waals surface area (Å²) >= 11 is 0. The van der Waals surface area contributed by atoms with E-state index in [1.807, 2.05) is 10.9 Å². The van der Waals surface area contributed by atoms with Crippen LogP contribution in [0.1, 0.15) is 25.3 Å². The monoisotopic (exact) mass is 182 g/mol. The van der Waals surface area contributed by atoms with Crippen molar-refractivity contribution >= 4 is 5.82 Å². The Morgan fingerprint density at radius 1 is 1.54 bits per heavy atom. The van der Waals surface area contributed by atoms with Gasteiger partial charge in [-0.1, -0.05) is 6.92 Å². The highest BCUT2D eigenvalue weighted by molar-refractivity contribution is 5.38. The number of aryl methyl sites for hydroxylation is 2. The zero-order valence-electron chi connectivity index (χ0n) is 8.16. The van der Waals surface area contributed by atoms with E-state index in [9.17, 15) is 0 Å². The maximum absolute atomic E-state index is 5.89. The summed E-state index contributed by atoms with van der Waals surface area (Å²) in [6.07, 6.45) is 4.82. The van der Waals surface area contributed by atoms with E-state index in [-0.39, 0.29) is 0 Å². The van der Waals surface area contributed by atoms with E-state index in [4.69, 9.17) is 11.5 Å². The van der Waals surface area contributed by atoms with Crippen molar-refractivity contribution in [3.8, 4) is 0 Å². The first-order chi connectivity index (χ1) is 6.29. The summed E-state index contributed by atoms with van der Waals surface area (Å²) < 4.78 is 1.85. The normalized spacial score (nSPS) is 10.6. The second kappa shape index (κ2) is 4.87. The fraction of sp³-hybridized carbons (Fsp3) is 0.667. The van der Waals surface area contributed by atoms with Crippen LogP contribution in [0.5, 0.6) is 0 Å². The molecule has 0 amide bonds. The van der Waals surface area contributed by atoms with Crippen molar-refractivity contribution in [2.75, 3.05) is 12.3 Å². The molecule has 1 aromatic rings. The van der Waals surface area contributed by atoms with Crippen LogP contribution >= 0.6 is 0 Å². The molecule has 74 valence electrons. The van der Waals surface area contributed by atoms with Crippen LogP contribution in [0, 0.1) is 0 Å². The van der Waals surface area contributed by atoms with E-state index in [1.165, 1.54) is 0 Å². The molecule has 0 unspecified atom stereocenters. The Hall–Kier alpha value is -1.03. The van der Waals surface area contributed by atoms with Crippen molar-refractivity contribution < 1.29 is 0 Å². The molecule has 13 heavy (non-hydrogen) atoms. The van der Waals surface area contributed by atoms with Gasteiger partial charge in [0, 0.05) is 12.1 Å². The fourth-order valence-electron chi connectivity index (χ4n) is 1.31. The maximum atomic E-state index is 5.89. The quantitative estimate of drug-likeness (QED) is 0.706. The molecule has 0 aliphatic carbocycles. The van der Waals surface area contributed by atoms with Gasteiger partial charge < -0.3 is 11.5 Å². The van der Waals surface area contributed by atoms with E-state index in [1.54, 1.807) is 0 Å². The first-order valence-corrected chi connectivity index (χ1v) is 4.79. The van der Waals surface area contributed by atoms with Crippen molar-refractivity contribution in [1.82, 2.24) is 9.78 Å². The third-order valence-electron chi connectivity index (χ3n) is 2.05. The summed E-state index contributed by atoms with van der Waals surface area (Å²) in [7, 11) is 0. The van der Waals surface area contributed by atoms with Crippen LogP contribution < -0.4 is 11.5 Å². The Bertz CT molecular complexity index is 254. The molecule has 0 radical (unpaired) electrons. The Labute approximate surface area is 78.9 Å². The Morgan fingerprint density at radius 2 is 2.31 bits per heavy atom. The van der Waals surface area contributed by atoms with Crippen LogP contribution in [0.25, 0.3) is 0 Å². The number of rotatable bonds is 5. The van der Waals surface area contributed by atoms with E-state index >= 15 is 0 Å². The number of hydrogen-bond acceptors (Lipinski definition) is 3. The molecule has 0 saturated carbocycles. The predicted octanol–water partition coefficient (Wildman–Crippen LogP) is 0.767. The van der Waals surface area contributed by atoms with E-state index < -0.39 is 0 Å². The number of aromatic nitrogens is 2. The molecule has 1 heterocycles. The molecule has 0 aromatic carbocycles. The number of nitrogen functional groups attached to an aromatic ring is 1. The minimum absolute atomic E-state index is 0.707. The number of hydrogen-bond donors (Lipinski definition) is 2. The van der Waals surface area contributed by atoms with Gasteiger partial charge in [-0.05, 0) is 25.8 Å². The van der Waals surface area contributed by atoms with Crippen LogP contribution in [0.15, 0.2) is 6.20 Å². The summed E-state index contributed by atoms with van der Waals surface area (Å²) in [5.74, 6) is 0.801. The summed E-state index contributed by atoms with van der Waals surface area (Å²) in [5.41, 5.74) is 12.4. The third kappa shape index (κ3) is 2.45. The lowest BCUT2D eigenvalue weighted by Gasteiger charge is -2.02. The van der Waals surface area contributed by atoms with Crippen LogP contribution in [-0.4, -0.2) is 16.3 Å². The van der Waals surface area contributed by atoms with Crippen molar-refractivity contribution in [1.29, 1.82) is 0 Å². The first kappa shape index (κ1) is 10.1. The van der Waals surface area contributed by atoms with Gasteiger partial charge in [0.2, 0.25) is 0 Å². The van der Waals surface area contributed by atoms with Crippen molar-refractivity contribution in [3.63, 3.8) is 0 Å². The van der Waals surface area contributed by atoms with Gasteiger partial charge in [-0.15, -0.1) is 0 Å². The standard InChI is InChI=1S/C9H18N4/c1-2-6-13-9(11)8(7-12-13)4-3-5-10/h7H,2-6,10-11H2,1H3. The van der Waals surface area contributed by atoms with Gasteiger partial charge in [-0.3, -0.25) is 0 Å². The molecule has 0 aliphatic heterocycles. The van der Waals surface area contributed by atoms with Gasteiger partial charge >= 0.3 is 0 Å². The highest BCUT2D eigenvalue weighted by Crippen LogP contribution is 2.12. The number of nitrogens with two attached hydrogens (primary N) is 2. The van der Waals surface area contributed by atoms with Crippen LogP contribution in [0.3, 0.4) is 0 Å². The van der Waals surface area contributed by atoms with Crippen LogP contribution in [-0.2, 0) is 13.0 Å². The zero-order valence-corrected chi connectivity index (χ0v) is 8.16. The largest absolute Gasteiger partial charge is 0.384 e. The topological polar surface area (TPSA) is 69.9 Å². The van der Waals surface area contributed by atoms with Gasteiger partial charge in [0.15, 0.2) is 0 Å². The summed E-state index contributed by atoms with van der Waals surface area (Å²) in [6.45, 7) is 3.72. The molecular formula is C9H18N4. The van der Waals surface area contributed by atoms with Crippen molar-refractivity contribution in [2.45, 2.75) is 32.7 Å². The molecule has 4 nitrogen and oxygen atoms in total. The van der Waals surface area contributed by atoms with Crippen LogP contribution in [0.4, 0.5) is 5.82 Å². The van der Waals surface area contributed by atoms with Gasteiger partial charge in [-0.2, -0.15) is 5.10 Å². The van der Waals surface area contributed by atoms with Crippen molar-refractivity contribution in [3.05, 3.63) is 11.8 Å². The average Bonchev–Trinajstić information content (AvgIpc) is 2.46. The molecule has 4 N–H and O–H groups in total. The first-order valence-electron chi connectivity index (χ1n) is 4.79. The van der Waals surface area contributed by atoms with Crippen molar-refractivity contribution in [2.24, 2.45) is 5.73 Å². The molecule has 0 fully saturated rings. The molecule has 4 heteroatoms. The predicted molar refractivity (Wildman–Crippen MR) is 54.3 cm³/mol. The Morgan fingerprint density at radius 3 is 2.92 bits per heavy atom. The molecule has 0 spiro atoms. The highest BCUT2D eigenvalue weighted by atomic mass is 15.3. The van der Waals surface area contributed by atoms with E-state index in [2.05, 4.69) is 12.0 Å². The lowest BCUT2D eigenvalue weighted by molar-refractivity contribution is 0.611. The minimum Gasteiger partial charge on any atom is -0.384 e. The highest BCUT2D eigenvalue weighted by Gasteiger charge is 2.05. The van der Waals surface area contributed by atoms with E-state index in [0.29, 0.717) is 6.54 Å². The molecule has 1 aromatic heterocycles. The summed E-state index contributed by atoms with van der Waals surface area (Å²) in [5, 5.41) is 4.21. The van der Waals surface area contributed by atoms with Gasteiger partial charge in [-0.25, -0.2) is 4.68 Å². The zero-order chi connectivity index (χ0) is 9.68. The molecule has 0 bridgehead atoms. The number of nitrogens with zero attached hydrogens (tertiary/aromatic N) is 2. The molecular weight excluding hydrogens is 164 g/mol. The smallest absolute Gasteiger partial charge is 0.124 e. The molecule has 0 aliphatic rings. The minimum atomic E-state index is 0.707. The second-order valence-electron chi connectivity index (χ2n) is 3.17. The van der Waals surface area contributed by atoms with Gasteiger partial charge in [0.1, 0.15) is 5.82 Å². The van der Waals surface area contributed by atoms with Gasteiger partial charge in [0.25, 0.3) is 0 Å². The van der Waals surface area contributed by atoms with Gasteiger partial charge in [0.05, 0.1) is 6.20 Å². The SMILES string of the molecule is CCCn1ncc(CCCN)c1N. The average molecular weight is 182 g/mol. The summed E-state index contributed by atoms with van der Waals surface area (Å²) in [6, 6.07) is 0. The lowest BCUT2D eigenvalue weighted by atomic mass is 10.2. The fourth-order valence-corrected chi connectivity index (χ4v) is 1.31. The third-order valence-corrected chi connectivity index (χ3v) is 2.05. The second-order valence-corrected chi connectivity index (χ2v) is 3.17. The maximum Gasteiger partial charge on any atom is 0.124 e. The molecule has 0 saturated heterocycles. The summed E-state index contributed by atoms with van der Waals surface area (Å²) in [4.78, 5) is 0. The Balaban J connectivity index is 2.62. The van der Waals surface area contributed by atoms with Crippen LogP contribution in [0.2, 0.25) is 0 Å². The Kier molecular flexibility index (Phi) is 3.76. The molecule has 1 rings (SSSR count). The molecule has 0 atom stereocenters. The van der Waals surface area contributed by atoms with E-state index in [0.717, 1.165) is 37.2 Å². The lowest BCUT2D eigenvalue weighted by Crippen LogP contribution is -2.06.